The molecule has 0 saturated carbocycles. The number of carbonyl (C=O) groups is 1. The molecule has 0 bridgehead atoms. The summed E-state index contributed by atoms with van der Waals surface area (Å²) in [5, 5.41) is 3.78. The first kappa shape index (κ1) is 15.4. The average molecular weight is 346 g/mol. The molecule has 4 aromatic rings. The van der Waals surface area contributed by atoms with Crippen LogP contribution in [0.1, 0.15) is 16.2 Å². The molecule has 2 heterocycles. The zero-order valence-electron chi connectivity index (χ0n) is 13.4. The third kappa shape index (κ3) is 3.25. The van der Waals surface area contributed by atoms with Crippen LogP contribution in [0.2, 0.25) is 0 Å². The van der Waals surface area contributed by atoms with Crippen molar-refractivity contribution in [2.75, 3.05) is 5.32 Å². The van der Waals surface area contributed by atoms with Crippen molar-refractivity contribution in [2.45, 2.75) is 6.92 Å². The number of thiazole rings is 1. The van der Waals surface area contributed by atoms with Crippen molar-refractivity contribution in [2.24, 2.45) is 0 Å². The first-order valence-electron chi connectivity index (χ1n) is 7.75. The Labute approximate surface area is 148 Å². The largest absolute Gasteiger partial charge is 0.321 e. The Balaban J connectivity index is 1.60. The van der Waals surface area contributed by atoms with Crippen molar-refractivity contribution in [3.05, 3.63) is 72.3 Å². The van der Waals surface area contributed by atoms with E-state index in [0.29, 0.717) is 5.69 Å². The summed E-state index contributed by atoms with van der Waals surface area (Å²) in [5.41, 5.74) is 3.70. The summed E-state index contributed by atoms with van der Waals surface area (Å²) in [6.07, 6.45) is 3.05. The molecule has 0 fully saturated rings. The van der Waals surface area contributed by atoms with Gasteiger partial charge in [-0.3, -0.25) is 9.78 Å². The predicted molar refractivity (Wildman–Crippen MR) is 99.8 cm³/mol. The summed E-state index contributed by atoms with van der Waals surface area (Å²) in [4.78, 5) is 25.1. The molecule has 6 heteroatoms. The quantitative estimate of drug-likeness (QED) is 0.600. The SMILES string of the molecule is Cc1cnc(C(=O)Nc2cccc(-c3nc4ccccc4s3)c2)cn1. The lowest BCUT2D eigenvalue weighted by Crippen LogP contribution is -2.14. The molecule has 1 N–H and O–H groups in total. The van der Waals surface area contributed by atoms with E-state index in [-0.39, 0.29) is 11.6 Å². The second kappa shape index (κ2) is 6.41. The molecule has 1 amide bonds. The van der Waals surface area contributed by atoms with Crippen LogP contribution in [0, 0.1) is 6.92 Å². The van der Waals surface area contributed by atoms with E-state index in [0.717, 1.165) is 26.5 Å². The zero-order valence-corrected chi connectivity index (χ0v) is 14.2. The second-order valence-corrected chi connectivity index (χ2v) is 6.60. The van der Waals surface area contributed by atoms with E-state index in [1.807, 2.05) is 49.4 Å². The van der Waals surface area contributed by atoms with Crippen molar-refractivity contribution < 1.29 is 4.79 Å². The molecule has 25 heavy (non-hydrogen) atoms. The molecular formula is C19H14N4OS. The third-order valence-corrected chi connectivity index (χ3v) is 4.76. The van der Waals surface area contributed by atoms with Crippen molar-refractivity contribution in [3.8, 4) is 10.6 Å². The average Bonchev–Trinajstić information content (AvgIpc) is 3.07. The Kier molecular flexibility index (Phi) is 3.95. The Morgan fingerprint density at radius 3 is 2.72 bits per heavy atom. The van der Waals surface area contributed by atoms with Crippen LogP contribution in [0.5, 0.6) is 0 Å². The molecule has 0 radical (unpaired) electrons. The Hall–Kier alpha value is -3.12. The van der Waals surface area contributed by atoms with Gasteiger partial charge in [-0.15, -0.1) is 11.3 Å². The summed E-state index contributed by atoms with van der Waals surface area (Å²) in [6, 6.07) is 15.7. The number of anilines is 1. The number of fused-ring (bicyclic) bond motifs is 1. The van der Waals surface area contributed by atoms with Crippen LogP contribution in [0.15, 0.2) is 60.9 Å². The normalized spacial score (nSPS) is 10.8. The number of aryl methyl sites for hydroxylation is 1. The molecule has 0 unspecified atom stereocenters. The number of amides is 1. The van der Waals surface area contributed by atoms with Gasteiger partial charge in [0.25, 0.3) is 5.91 Å². The first-order valence-corrected chi connectivity index (χ1v) is 8.57. The maximum Gasteiger partial charge on any atom is 0.275 e. The van der Waals surface area contributed by atoms with Gasteiger partial charge in [0.2, 0.25) is 0 Å². The van der Waals surface area contributed by atoms with Crippen LogP contribution in [-0.2, 0) is 0 Å². The Morgan fingerprint density at radius 1 is 1.04 bits per heavy atom. The monoisotopic (exact) mass is 346 g/mol. The van der Waals surface area contributed by atoms with E-state index in [2.05, 4.69) is 26.3 Å². The second-order valence-electron chi connectivity index (χ2n) is 5.56. The van der Waals surface area contributed by atoms with Gasteiger partial charge >= 0.3 is 0 Å². The molecule has 2 aromatic heterocycles. The van der Waals surface area contributed by atoms with Crippen LogP contribution in [0.3, 0.4) is 0 Å². The smallest absolute Gasteiger partial charge is 0.275 e. The van der Waals surface area contributed by atoms with Gasteiger partial charge in [0.05, 0.1) is 22.1 Å². The molecule has 4 rings (SSSR count). The minimum absolute atomic E-state index is 0.283. The lowest BCUT2D eigenvalue weighted by atomic mass is 10.2. The highest BCUT2D eigenvalue weighted by atomic mass is 32.1. The van der Waals surface area contributed by atoms with Crippen LogP contribution >= 0.6 is 11.3 Å². The van der Waals surface area contributed by atoms with E-state index in [1.165, 1.54) is 6.20 Å². The molecule has 0 aliphatic rings. The van der Waals surface area contributed by atoms with E-state index >= 15 is 0 Å². The molecule has 0 atom stereocenters. The molecule has 0 aliphatic carbocycles. The molecule has 122 valence electrons. The lowest BCUT2D eigenvalue weighted by Gasteiger charge is -2.06. The minimum Gasteiger partial charge on any atom is -0.321 e. The fourth-order valence-electron chi connectivity index (χ4n) is 2.43. The maximum atomic E-state index is 12.3. The van der Waals surface area contributed by atoms with E-state index in [9.17, 15) is 4.79 Å². The van der Waals surface area contributed by atoms with Crippen LogP contribution in [0.25, 0.3) is 20.8 Å². The highest BCUT2D eigenvalue weighted by Gasteiger charge is 2.10. The molecule has 0 saturated heterocycles. The highest BCUT2D eigenvalue weighted by molar-refractivity contribution is 7.21. The number of carbonyl (C=O) groups excluding carboxylic acids is 1. The predicted octanol–water partition coefficient (Wildman–Crippen LogP) is 4.31. The van der Waals surface area contributed by atoms with Crippen molar-refractivity contribution in [1.29, 1.82) is 0 Å². The van der Waals surface area contributed by atoms with Gasteiger partial charge in [-0.25, -0.2) is 9.97 Å². The van der Waals surface area contributed by atoms with Gasteiger partial charge in [-0.1, -0.05) is 24.3 Å². The maximum absolute atomic E-state index is 12.3. The topological polar surface area (TPSA) is 67.8 Å². The minimum atomic E-state index is -0.283. The van der Waals surface area contributed by atoms with Crippen LogP contribution in [0.4, 0.5) is 5.69 Å². The number of benzene rings is 2. The summed E-state index contributed by atoms with van der Waals surface area (Å²) in [5.74, 6) is -0.283. The van der Waals surface area contributed by atoms with Gasteiger partial charge in [0.15, 0.2) is 0 Å². The number of nitrogens with zero attached hydrogens (tertiary/aromatic N) is 3. The van der Waals surface area contributed by atoms with E-state index < -0.39 is 0 Å². The lowest BCUT2D eigenvalue weighted by molar-refractivity contribution is 0.102. The fraction of sp³-hybridized carbons (Fsp3) is 0.0526. The number of nitrogens with one attached hydrogen (secondary N) is 1. The molecule has 0 spiro atoms. The number of hydrogen-bond donors (Lipinski definition) is 1. The highest BCUT2D eigenvalue weighted by Crippen LogP contribution is 2.31. The molecule has 5 nitrogen and oxygen atoms in total. The van der Waals surface area contributed by atoms with Gasteiger partial charge in [-0.2, -0.15) is 0 Å². The van der Waals surface area contributed by atoms with Crippen LogP contribution < -0.4 is 5.32 Å². The zero-order chi connectivity index (χ0) is 17.2. The fourth-order valence-corrected chi connectivity index (χ4v) is 3.39. The Morgan fingerprint density at radius 2 is 1.92 bits per heavy atom. The van der Waals surface area contributed by atoms with Crippen molar-refractivity contribution >= 4 is 33.1 Å². The van der Waals surface area contributed by atoms with Crippen molar-refractivity contribution in [1.82, 2.24) is 15.0 Å². The number of rotatable bonds is 3. The van der Waals surface area contributed by atoms with Crippen molar-refractivity contribution in [3.63, 3.8) is 0 Å². The van der Waals surface area contributed by atoms with Gasteiger partial charge in [0, 0.05) is 17.4 Å². The third-order valence-electron chi connectivity index (χ3n) is 3.67. The number of aromatic nitrogens is 3. The molecule has 2 aromatic carbocycles. The number of hydrogen-bond acceptors (Lipinski definition) is 5. The van der Waals surface area contributed by atoms with Gasteiger partial charge in [0.1, 0.15) is 10.7 Å². The molecular weight excluding hydrogens is 332 g/mol. The summed E-state index contributed by atoms with van der Waals surface area (Å²) >= 11 is 1.63. The Bertz CT molecular complexity index is 1020. The van der Waals surface area contributed by atoms with Crippen LogP contribution in [-0.4, -0.2) is 20.9 Å². The summed E-state index contributed by atoms with van der Waals surface area (Å²) < 4.78 is 1.14. The summed E-state index contributed by atoms with van der Waals surface area (Å²) in [7, 11) is 0. The van der Waals surface area contributed by atoms with E-state index in [4.69, 9.17) is 0 Å². The number of para-hydroxylation sites is 1. The van der Waals surface area contributed by atoms with E-state index in [1.54, 1.807) is 17.5 Å². The standard InChI is InChI=1S/C19H14N4OS/c1-12-10-21-16(11-20-12)18(24)22-14-6-4-5-13(9-14)19-23-15-7-2-3-8-17(15)25-19/h2-11H,1H3,(H,22,24). The molecule has 0 aliphatic heterocycles. The van der Waals surface area contributed by atoms with Gasteiger partial charge < -0.3 is 5.32 Å². The van der Waals surface area contributed by atoms with Gasteiger partial charge in [-0.05, 0) is 31.2 Å². The summed E-state index contributed by atoms with van der Waals surface area (Å²) in [6.45, 7) is 1.83. The first-order chi connectivity index (χ1) is 12.2.